The summed E-state index contributed by atoms with van der Waals surface area (Å²) in [5.41, 5.74) is -0.958. The van der Waals surface area contributed by atoms with Crippen molar-refractivity contribution in [1.82, 2.24) is 0 Å². The first kappa shape index (κ1) is 16.2. The zero-order chi connectivity index (χ0) is 17.6. The first-order valence-corrected chi connectivity index (χ1v) is 9.99. The molecule has 0 amide bonds. The molecule has 0 N–H and O–H groups in total. The van der Waals surface area contributed by atoms with Crippen molar-refractivity contribution in [3.05, 3.63) is 0 Å². The molecule has 136 valence electrons. The number of Topliss-reactive ketones (excluding diaryl/α,β-unsaturated/α-hetero) is 3. The molecule has 4 aliphatic carbocycles. The minimum atomic E-state index is -0.557. The normalized spacial score (nSPS) is 54.7. The largest absolute Gasteiger partial charge is 0.380 e. The summed E-state index contributed by atoms with van der Waals surface area (Å²) in [6.07, 6.45) is 5.38. The van der Waals surface area contributed by atoms with Crippen LogP contribution in [0, 0.1) is 39.9 Å². The van der Waals surface area contributed by atoms with E-state index < -0.39 is 5.41 Å². The van der Waals surface area contributed by atoms with Gasteiger partial charge in [0, 0.05) is 41.4 Å². The summed E-state index contributed by atoms with van der Waals surface area (Å²) in [4.78, 5) is 38.4. The molecule has 0 aromatic heterocycles. The van der Waals surface area contributed by atoms with Gasteiger partial charge in [-0.3, -0.25) is 14.4 Å². The quantitative estimate of drug-likeness (QED) is 0.678. The molecule has 25 heavy (non-hydrogen) atoms. The zero-order valence-corrected chi connectivity index (χ0v) is 15.3. The topological polar surface area (TPSA) is 60.4 Å². The molecule has 7 unspecified atom stereocenters. The third-order valence-electron chi connectivity index (χ3n) is 9.26. The van der Waals surface area contributed by atoms with Crippen LogP contribution in [0.15, 0.2) is 0 Å². The summed E-state index contributed by atoms with van der Waals surface area (Å²) in [6.45, 7) is 5.34. The molecule has 1 aliphatic heterocycles. The Kier molecular flexibility index (Phi) is 3.12. The van der Waals surface area contributed by atoms with Gasteiger partial charge in [0.1, 0.15) is 17.3 Å². The second-order valence-corrected chi connectivity index (χ2v) is 9.97. The Balaban J connectivity index is 1.60. The van der Waals surface area contributed by atoms with Gasteiger partial charge in [-0.2, -0.15) is 0 Å². The number of fused-ring (bicyclic) bond motifs is 4. The van der Waals surface area contributed by atoms with E-state index in [0.717, 1.165) is 25.7 Å². The van der Waals surface area contributed by atoms with Crippen molar-refractivity contribution >= 4 is 17.3 Å². The van der Waals surface area contributed by atoms with Crippen LogP contribution in [-0.2, 0) is 19.1 Å². The number of ether oxygens (including phenoxy) is 1. The van der Waals surface area contributed by atoms with Gasteiger partial charge >= 0.3 is 0 Å². The van der Waals surface area contributed by atoms with E-state index in [0.29, 0.717) is 56.0 Å². The molecule has 4 saturated carbocycles. The highest BCUT2D eigenvalue weighted by molar-refractivity contribution is 5.95. The molecule has 5 rings (SSSR count). The van der Waals surface area contributed by atoms with E-state index in [9.17, 15) is 14.4 Å². The number of hydrogen-bond acceptors (Lipinski definition) is 4. The molecule has 0 aromatic rings. The first-order chi connectivity index (χ1) is 11.8. The Morgan fingerprint density at radius 2 is 1.84 bits per heavy atom. The number of ketones is 3. The van der Waals surface area contributed by atoms with Crippen molar-refractivity contribution in [1.29, 1.82) is 0 Å². The van der Waals surface area contributed by atoms with Gasteiger partial charge < -0.3 is 4.74 Å². The van der Waals surface area contributed by atoms with E-state index in [-0.39, 0.29) is 28.3 Å². The molecule has 1 spiro atoms. The Bertz CT molecular complexity index is 683. The molecule has 4 nitrogen and oxygen atoms in total. The van der Waals surface area contributed by atoms with E-state index in [1.807, 2.05) is 6.92 Å². The summed E-state index contributed by atoms with van der Waals surface area (Å²) in [7, 11) is 0. The molecular weight excluding hydrogens is 316 g/mol. The first-order valence-electron chi connectivity index (χ1n) is 9.99. The highest BCUT2D eigenvalue weighted by Crippen LogP contribution is 2.69. The van der Waals surface area contributed by atoms with Crippen LogP contribution in [0.5, 0.6) is 0 Å². The third kappa shape index (κ3) is 1.75. The second-order valence-electron chi connectivity index (χ2n) is 9.97. The van der Waals surface area contributed by atoms with Crippen molar-refractivity contribution in [2.24, 2.45) is 39.9 Å². The molecule has 1 saturated heterocycles. The number of carbonyl (C=O) groups is 3. The molecule has 4 heteroatoms. The maximum Gasteiger partial charge on any atom is 0.140 e. The standard InChI is InChI=1S/C21H28O4/c1-19-6-5-15-13(14(19)3-4-17(19)23)7-18(24)20(2)9-16(22)12-8-21(15,20)11-25-10-12/h12-15H,3-11H2,1-2H3. The van der Waals surface area contributed by atoms with Gasteiger partial charge in [-0.15, -0.1) is 0 Å². The minimum absolute atomic E-state index is 0.0214. The molecule has 0 radical (unpaired) electrons. The van der Waals surface area contributed by atoms with Gasteiger partial charge in [-0.25, -0.2) is 0 Å². The van der Waals surface area contributed by atoms with Gasteiger partial charge in [0.15, 0.2) is 0 Å². The van der Waals surface area contributed by atoms with E-state index in [1.165, 1.54) is 0 Å². The maximum absolute atomic E-state index is 13.3. The highest BCUT2D eigenvalue weighted by atomic mass is 16.5. The molecular formula is C21H28O4. The maximum atomic E-state index is 13.3. The summed E-state index contributed by atoms with van der Waals surface area (Å²) < 4.78 is 5.95. The van der Waals surface area contributed by atoms with Gasteiger partial charge in [0.25, 0.3) is 0 Å². The minimum Gasteiger partial charge on any atom is -0.380 e. The van der Waals surface area contributed by atoms with E-state index in [4.69, 9.17) is 4.74 Å². The average molecular weight is 344 g/mol. The van der Waals surface area contributed by atoms with Crippen LogP contribution < -0.4 is 0 Å². The lowest BCUT2D eigenvalue weighted by Crippen LogP contribution is -2.67. The lowest BCUT2D eigenvalue weighted by molar-refractivity contribution is -0.215. The van der Waals surface area contributed by atoms with Crippen LogP contribution in [0.1, 0.15) is 58.8 Å². The Morgan fingerprint density at radius 1 is 1.04 bits per heavy atom. The van der Waals surface area contributed by atoms with Crippen LogP contribution in [-0.4, -0.2) is 30.6 Å². The molecule has 1 heterocycles. The average Bonchev–Trinajstić information content (AvgIpc) is 2.88. The van der Waals surface area contributed by atoms with Crippen LogP contribution in [0.3, 0.4) is 0 Å². The number of rotatable bonds is 0. The van der Waals surface area contributed by atoms with Gasteiger partial charge in [-0.1, -0.05) is 13.8 Å². The summed E-state index contributed by atoms with van der Waals surface area (Å²) in [6, 6.07) is 0. The van der Waals surface area contributed by atoms with E-state index in [2.05, 4.69) is 6.92 Å². The van der Waals surface area contributed by atoms with Crippen LogP contribution in [0.25, 0.3) is 0 Å². The SMILES string of the molecule is CC12CCC3C(CC(=O)C4(C)CC(=O)C5COCC34C5)C1CCC2=O. The fourth-order valence-electron chi connectivity index (χ4n) is 7.71. The van der Waals surface area contributed by atoms with Crippen LogP contribution >= 0.6 is 0 Å². The van der Waals surface area contributed by atoms with Crippen molar-refractivity contribution in [3.63, 3.8) is 0 Å². The highest BCUT2D eigenvalue weighted by Gasteiger charge is 2.70. The molecule has 2 bridgehead atoms. The monoisotopic (exact) mass is 344 g/mol. The Morgan fingerprint density at radius 3 is 2.64 bits per heavy atom. The van der Waals surface area contributed by atoms with Crippen molar-refractivity contribution in [2.45, 2.75) is 58.8 Å². The molecule has 0 aromatic carbocycles. The fourth-order valence-corrected chi connectivity index (χ4v) is 7.71. The fraction of sp³-hybridized carbons (Fsp3) is 0.857. The predicted molar refractivity (Wildman–Crippen MR) is 90.8 cm³/mol. The molecule has 5 aliphatic rings. The van der Waals surface area contributed by atoms with Crippen LogP contribution in [0.2, 0.25) is 0 Å². The van der Waals surface area contributed by atoms with Crippen molar-refractivity contribution in [2.75, 3.05) is 13.2 Å². The summed E-state index contributed by atoms with van der Waals surface area (Å²) in [5, 5.41) is 0. The van der Waals surface area contributed by atoms with Crippen LogP contribution in [0.4, 0.5) is 0 Å². The molecule has 5 fully saturated rings. The van der Waals surface area contributed by atoms with Gasteiger partial charge in [0.2, 0.25) is 0 Å². The number of carbonyl (C=O) groups excluding carboxylic acids is 3. The van der Waals surface area contributed by atoms with Crippen molar-refractivity contribution in [3.8, 4) is 0 Å². The van der Waals surface area contributed by atoms with E-state index >= 15 is 0 Å². The summed E-state index contributed by atoms with van der Waals surface area (Å²) >= 11 is 0. The smallest absolute Gasteiger partial charge is 0.140 e. The predicted octanol–water partition coefficient (Wildman–Crippen LogP) is 2.97. The Labute approximate surface area is 149 Å². The van der Waals surface area contributed by atoms with Gasteiger partial charge in [0.05, 0.1) is 13.2 Å². The lowest BCUT2D eigenvalue weighted by atomic mass is 9.38. The Hall–Kier alpha value is -1.03. The summed E-state index contributed by atoms with van der Waals surface area (Å²) in [5.74, 6) is 1.95. The van der Waals surface area contributed by atoms with Crippen molar-refractivity contribution < 1.29 is 19.1 Å². The second kappa shape index (κ2) is 4.82. The van der Waals surface area contributed by atoms with E-state index in [1.54, 1.807) is 0 Å². The lowest BCUT2D eigenvalue weighted by Gasteiger charge is -2.65. The number of hydrogen-bond donors (Lipinski definition) is 0. The third-order valence-corrected chi connectivity index (χ3v) is 9.26. The zero-order valence-electron chi connectivity index (χ0n) is 15.3. The molecule has 7 atom stereocenters. The van der Waals surface area contributed by atoms with Gasteiger partial charge in [-0.05, 0) is 43.4 Å².